The maximum Gasteiger partial charge on any atom is 0.237 e. The van der Waals surface area contributed by atoms with Gasteiger partial charge in [-0.3, -0.25) is 14.5 Å². The molecule has 1 aliphatic heterocycles. The molecule has 0 spiro atoms. The van der Waals surface area contributed by atoms with Gasteiger partial charge in [0.05, 0.1) is 6.04 Å². The smallest absolute Gasteiger partial charge is 0.237 e. The van der Waals surface area contributed by atoms with E-state index in [0.29, 0.717) is 6.54 Å². The summed E-state index contributed by atoms with van der Waals surface area (Å²) in [4.78, 5) is 25.1. The van der Waals surface area contributed by atoms with Crippen molar-refractivity contribution >= 4 is 11.7 Å². The van der Waals surface area contributed by atoms with Crippen LogP contribution in [0.5, 0.6) is 0 Å². The highest BCUT2D eigenvalue weighted by molar-refractivity contribution is 5.82. The molecule has 4 nitrogen and oxygen atoms in total. The molecule has 0 aromatic rings. The molecule has 1 fully saturated rings. The predicted octanol–water partition coefficient (Wildman–Crippen LogP) is 0.812. The van der Waals surface area contributed by atoms with Crippen LogP contribution in [0.25, 0.3) is 0 Å². The van der Waals surface area contributed by atoms with Crippen molar-refractivity contribution in [3.63, 3.8) is 0 Å². The third kappa shape index (κ3) is 3.30. The molecule has 4 heteroatoms. The van der Waals surface area contributed by atoms with Crippen LogP contribution in [0.15, 0.2) is 0 Å². The molecule has 16 heavy (non-hydrogen) atoms. The van der Waals surface area contributed by atoms with Crippen LogP contribution in [0.1, 0.15) is 33.6 Å². The summed E-state index contributed by atoms with van der Waals surface area (Å²) in [5.74, 6) is 0.421. The van der Waals surface area contributed by atoms with Crippen LogP contribution < -0.4 is 5.32 Å². The number of nitrogens with zero attached hydrogens (tertiary/aromatic N) is 1. The minimum absolute atomic E-state index is 0.0618. The first-order valence-electron chi connectivity index (χ1n) is 6.08. The fourth-order valence-corrected chi connectivity index (χ4v) is 2.18. The Labute approximate surface area is 97.4 Å². The van der Waals surface area contributed by atoms with Crippen LogP contribution in [0, 0.1) is 5.92 Å². The normalized spacial score (nSPS) is 23.8. The Morgan fingerprint density at radius 3 is 2.75 bits per heavy atom. The average molecular weight is 226 g/mol. The highest BCUT2D eigenvalue weighted by atomic mass is 16.2. The zero-order chi connectivity index (χ0) is 12.1. The Hall–Kier alpha value is -0.900. The van der Waals surface area contributed by atoms with Gasteiger partial charge in [-0.25, -0.2) is 0 Å². The Kier molecular flexibility index (Phi) is 4.93. The van der Waals surface area contributed by atoms with E-state index in [0.717, 1.165) is 25.9 Å². The van der Waals surface area contributed by atoms with Gasteiger partial charge in [0, 0.05) is 19.0 Å². The molecule has 1 N–H and O–H groups in total. The van der Waals surface area contributed by atoms with Gasteiger partial charge in [-0.2, -0.15) is 0 Å². The summed E-state index contributed by atoms with van der Waals surface area (Å²) in [6, 6.07) is -0.123. The molecule has 2 unspecified atom stereocenters. The van der Waals surface area contributed by atoms with Gasteiger partial charge in [-0.05, 0) is 40.2 Å². The molecule has 92 valence electrons. The Morgan fingerprint density at radius 1 is 1.50 bits per heavy atom. The SMILES string of the molecule is CCNC(=O)C(C)N1CCCC(C(C)=O)C1. The monoisotopic (exact) mass is 226 g/mol. The Morgan fingerprint density at radius 2 is 2.19 bits per heavy atom. The molecule has 1 rings (SSSR count). The van der Waals surface area contributed by atoms with Crippen LogP contribution >= 0.6 is 0 Å². The van der Waals surface area contributed by atoms with E-state index in [-0.39, 0.29) is 23.7 Å². The zero-order valence-electron chi connectivity index (χ0n) is 10.5. The average Bonchev–Trinajstić information content (AvgIpc) is 2.28. The third-order valence-electron chi connectivity index (χ3n) is 3.31. The van der Waals surface area contributed by atoms with Gasteiger partial charge >= 0.3 is 0 Å². The number of piperidine rings is 1. The minimum Gasteiger partial charge on any atom is -0.355 e. The van der Waals surface area contributed by atoms with Crippen molar-refractivity contribution in [1.82, 2.24) is 10.2 Å². The summed E-state index contributed by atoms with van der Waals surface area (Å²) in [7, 11) is 0. The maximum atomic E-state index is 11.7. The number of carbonyl (C=O) groups excluding carboxylic acids is 2. The molecule has 0 aromatic carbocycles. The number of hydrogen-bond acceptors (Lipinski definition) is 3. The van der Waals surface area contributed by atoms with Gasteiger partial charge in [-0.1, -0.05) is 0 Å². The summed E-state index contributed by atoms with van der Waals surface area (Å²) in [5.41, 5.74) is 0. The zero-order valence-corrected chi connectivity index (χ0v) is 10.5. The fourth-order valence-electron chi connectivity index (χ4n) is 2.18. The second-order valence-corrected chi connectivity index (χ2v) is 4.52. The fraction of sp³-hybridized carbons (Fsp3) is 0.833. The third-order valence-corrected chi connectivity index (χ3v) is 3.31. The predicted molar refractivity (Wildman–Crippen MR) is 63.1 cm³/mol. The van der Waals surface area contributed by atoms with Crippen LogP contribution in [-0.4, -0.2) is 42.3 Å². The summed E-state index contributed by atoms with van der Waals surface area (Å²) >= 11 is 0. The van der Waals surface area contributed by atoms with Gasteiger partial charge in [0.1, 0.15) is 5.78 Å². The minimum atomic E-state index is -0.123. The lowest BCUT2D eigenvalue weighted by atomic mass is 9.93. The van der Waals surface area contributed by atoms with Crippen molar-refractivity contribution in [2.75, 3.05) is 19.6 Å². The van der Waals surface area contributed by atoms with Crippen LogP contribution in [0.3, 0.4) is 0 Å². The second-order valence-electron chi connectivity index (χ2n) is 4.52. The van der Waals surface area contributed by atoms with E-state index in [1.54, 1.807) is 6.92 Å². The van der Waals surface area contributed by atoms with Gasteiger partial charge in [0.25, 0.3) is 0 Å². The van der Waals surface area contributed by atoms with E-state index in [4.69, 9.17) is 0 Å². The van der Waals surface area contributed by atoms with Crippen molar-refractivity contribution in [1.29, 1.82) is 0 Å². The molecule has 1 aliphatic rings. The van der Waals surface area contributed by atoms with Crippen LogP contribution in [0.2, 0.25) is 0 Å². The molecule has 1 saturated heterocycles. The van der Waals surface area contributed by atoms with Gasteiger partial charge in [0.2, 0.25) is 5.91 Å². The van der Waals surface area contributed by atoms with Crippen molar-refractivity contribution in [3.8, 4) is 0 Å². The number of likely N-dealkylation sites (tertiary alicyclic amines) is 1. The van der Waals surface area contributed by atoms with E-state index in [1.807, 2.05) is 13.8 Å². The maximum absolute atomic E-state index is 11.7. The molecule has 0 aliphatic carbocycles. The lowest BCUT2D eigenvalue weighted by Crippen LogP contribution is -2.49. The summed E-state index contributed by atoms with van der Waals surface area (Å²) in [6.45, 7) is 7.78. The lowest BCUT2D eigenvalue weighted by molar-refractivity contribution is -0.129. The topological polar surface area (TPSA) is 49.4 Å². The number of carbonyl (C=O) groups is 2. The summed E-state index contributed by atoms with van der Waals surface area (Å²) in [6.07, 6.45) is 1.97. The number of nitrogens with one attached hydrogen (secondary N) is 1. The number of hydrogen-bond donors (Lipinski definition) is 1. The quantitative estimate of drug-likeness (QED) is 0.772. The largest absolute Gasteiger partial charge is 0.355 e. The molecule has 0 bridgehead atoms. The molecule has 1 heterocycles. The summed E-state index contributed by atoms with van der Waals surface area (Å²) < 4.78 is 0. The first-order chi connectivity index (χ1) is 7.56. The van der Waals surface area contributed by atoms with Crippen molar-refractivity contribution in [2.45, 2.75) is 39.7 Å². The van der Waals surface area contributed by atoms with Gasteiger partial charge < -0.3 is 5.32 Å². The molecule has 0 radical (unpaired) electrons. The first-order valence-corrected chi connectivity index (χ1v) is 6.08. The molecular weight excluding hydrogens is 204 g/mol. The van der Waals surface area contributed by atoms with Gasteiger partial charge in [0.15, 0.2) is 0 Å². The standard InChI is InChI=1S/C12H22N2O2/c1-4-13-12(16)9(2)14-7-5-6-11(8-14)10(3)15/h9,11H,4-8H2,1-3H3,(H,13,16). The van der Waals surface area contributed by atoms with E-state index >= 15 is 0 Å². The van der Waals surface area contributed by atoms with E-state index < -0.39 is 0 Å². The molecule has 2 atom stereocenters. The number of Topliss-reactive ketones (excluding diaryl/α,β-unsaturated/α-hetero) is 1. The molecule has 1 amide bonds. The van der Waals surface area contributed by atoms with Crippen molar-refractivity contribution in [3.05, 3.63) is 0 Å². The second kappa shape index (κ2) is 5.99. The Bertz CT molecular complexity index is 266. The Balaban J connectivity index is 2.52. The number of ketones is 1. The van der Waals surface area contributed by atoms with Crippen molar-refractivity contribution < 1.29 is 9.59 Å². The van der Waals surface area contributed by atoms with E-state index in [2.05, 4.69) is 10.2 Å². The van der Waals surface area contributed by atoms with Crippen LogP contribution in [-0.2, 0) is 9.59 Å². The van der Waals surface area contributed by atoms with E-state index in [1.165, 1.54) is 0 Å². The molecular formula is C12H22N2O2. The van der Waals surface area contributed by atoms with Gasteiger partial charge in [-0.15, -0.1) is 0 Å². The van der Waals surface area contributed by atoms with E-state index in [9.17, 15) is 9.59 Å². The summed E-state index contributed by atoms with van der Waals surface area (Å²) in [5, 5.41) is 2.82. The highest BCUT2D eigenvalue weighted by Crippen LogP contribution is 2.19. The number of rotatable bonds is 4. The molecule has 0 aromatic heterocycles. The van der Waals surface area contributed by atoms with Crippen LogP contribution in [0.4, 0.5) is 0 Å². The number of amides is 1. The highest BCUT2D eigenvalue weighted by Gasteiger charge is 2.28. The number of likely N-dealkylation sites (N-methyl/N-ethyl adjacent to an activating group) is 1. The van der Waals surface area contributed by atoms with Crippen molar-refractivity contribution in [2.24, 2.45) is 5.92 Å². The lowest BCUT2D eigenvalue weighted by Gasteiger charge is -2.35. The first kappa shape index (κ1) is 13.2. The molecule has 0 saturated carbocycles.